The van der Waals surface area contributed by atoms with Crippen molar-refractivity contribution in [2.45, 2.75) is 6.54 Å². The van der Waals surface area contributed by atoms with Gasteiger partial charge in [0, 0.05) is 24.9 Å². The predicted octanol–water partition coefficient (Wildman–Crippen LogP) is 2.40. The highest BCUT2D eigenvalue weighted by atomic mass is 32.1. The van der Waals surface area contributed by atoms with Crippen molar-refractivity contribution < 1.29 is 17.6 Å². The molecule has 0 bridgehead atoms. The molecule has 0 unspecified atom stereocenters. The van der Waals surface area contributed by atoms with Gasteiger partial charge in [0.25, 0.3) is 0 Å². The standard InChI is InChI=1S/C12H10F4N4S/c1-17-12(21)19-6-3-18-20(4-6)5-7-8(13)2-9(14)11(16)10(7)15/h2-4H,5H2,1H3,(H2,17,19,21). The number of anilines is 1. The van der Waals surface area contributed by atoms with E-state index >= 15 is 0 Å². The zero-order valence-electron chi connectivity index (χ0n) is 10.8. The summed E-state index contributed by atoms with van der Waals surface area (Å²) >= 11 is 4.88. The summed E-state index contributed by atoms with van der Waals surface area (Å²) in [5.74, 6) is -6.03. The Labute approximate surface area is 122 Å². The van der Waals surface area contributed by atoms with Gasteiger partial charge in [0.05, 0.1) is 18.4 Å². The number of aromatic nitrogens is 2. The molecule has 2 N–H and O–H groups in total. The first kappa shape index (κ1) is 15.2. The summed E-state index contributed by atoms with van der Waals surface area (Å²) in [6, 6.07) is 0.298. The Morgan fingerprint density at radius 2 is 1.95 bits per heavy atom. The van der Waals surface area contributed by atoms with E-state index in [-0.39, 0.29) is 6.54 Å². The van der Waals surface area contributed by atoms with Crippen LogP contribution in [0.5, 0.6) is 0 Å². The Kier molecular flexibility index (Phi) is 4.41. The molecule has 2 rings (SSSR count). The zero-order valence-corrected chi connectivity index (χ0v) is 11.6. The number of nitrogens with one attached hydrogen (secondary N) is 2. The van der Waals surface area contributed by atoms with Gasteiger partial charge in [-0.25, -0.2) is 17.6 Å². The molecule has 4 nitrogen and oxygen atoms in total. The minimum Gasteiger partial charge on any atom is -0.366 e. The minimum atomic E-state index is -1.71. The summed E-state index contributed by atoms with van der Waals surface area (Å²) in [5.41, 5.74) is -0.127. The quantitative estimate of drug-likeness (QED) is 0.395. The molecule has 0 aliphatic carbocycles. The highest BCUT2D eigenvalue weighted by molar-refractivity contribution is 7.80. The third-order valence-electron chi connectivity index (χ3n) is 2.65. The van der Waals surface area contributed by atoms with Crippen LogP contribution in [0.3, 0.4) is 0 Å². The van der Waals surface area contributed by atoms with Gasteiger partial charge in [-0.15, -0.1) is 0 Å². The SMILES string of the molecule is CNC(=S)Nc1cnn(Cc2c(F)cc(F)c(F)c2F)c1. The Bertz CT molecular complexity index is 686. The maximum atomic E-state index is 13.5. The van der Waals surface area contributed by atoms with Crippen LogP contribution >= 0.6 is 12.2 Å². The maximum Gasteiger partial charge on any atom is 0.194 e. The van der Waals surface area contributed by atoms with Gasteiger partial charge in [-0.05, 0) is 12.2 Å². The molecule has 0 aliphatic heterocycles. The van der Waals surface area contributed by atoms with Gasteiger partial charge in [0.15, 0.2) is 22.6 Å². The van der Waals surface area contributed by atoms with Crippen molar-refractivity contribution >= 4 is 23.0 Å². The number of thiocarbonyl (C=S) groups is 1. The Balaban J connectivity index is 2.23. The molecular weight excluding hydrogens is 308 g/mol. The van der Waals surface area contributed by atoms with Gasteiger partial charge in [0.1, 0.15) is 5.82 Å². The summed E-state index contributed by atoms with van der Waals surface area (Å²) in [4.78, 5) is 0. The molecule has 0 spiro atoms. The molecule has 0 saturated heterocycles. The molecule has 0 fully saturated rings. The van der Waals surface area contributed by atoms with E-state index in [0.717, 1.165) is 0 Å². The monoisotopic (exact) mass is 318 g/mol. The molecule has 21 heavy (non-hydrogen) atoms. The first-order valence-corrected chi connectivity index (χ1v) is 6.16. The van der Waals surface area contributed by atoms with E-state index in [2.05, 4.69) is 15.7 Å². The lowest BCUT2D eigenvalue weighted by Gasteiger charge is -2.07. The first-order chi connectivity index (χ1) is 9.92. The van der Waals surface area contributed by atoms with Crippen molar-refractivity contribution in [3.63, 3.8) is 0 Å². The molecule has 2 aromatic rings. The molecule has 0 aliphatic rings. The van der Waals surface area contributed by atoms with Crippen molar-refractivity contribution in [1.29, 1.82) is 0 Å². The molecule has 9 heteroatoms. The van der Waals surface area contributed by atoms with Crippen LogP contribution in [-0.2, 0) is 6.54 Å². The molecule has 1 aromatic heterocycles. The van der Waals surface area contributed by atoms with Crippen LogP contribution in [0.4, 0.5) is 23.2 Å². The number of hydrogen-bond donors (Lipinski definition) is 2. The topological polar surface area (TPSA) is 41.9 Å². The molecule has 112 valence electrons. The van der Waals surface area contributed by atoms with Crippen molar-refractivity contribution in [2.24, 2.45) is 0 Å². The fourth-order valence-electron chi connectivity index (χ4n) is 1.62. The molecule has 0 saturated carbocycles. The molecule has 0 radical (unpaired) electrons. The second-order valence-corrected chi connectivity index (χ2v) is 4.49. The lowest BCUT2D eigenvalue weighted by atomic mass is 10.2. The van der Waals surface area contributed by atoms with E-state index in [1.165, 1.54) is 17.1 Å². The van der Waals surface area contributed by atoms with Crippen molar-refractivity contribution in [3.05, 3.63) is 47.3 Å². The first-order valence-electron chi connectivity index (χ1n) is 5.75. The third kappa shape index (κ3) is 3.30. The summed E-state index contributed by atoms with van der Waals surface area (Å²) in [6.45, 7) is -0.386. The van der Waals surface area contributed by atoms with Crippen LogP contribution in [0.2, 0.25) is 0 Å². The molecule has 0 atom stereocenters. The third-order valence-corrected chi connectivity index (χ3v) is 2.95. The molecule has 1 heterocycles. The number of hydrogen-bond acceptors (Lipinski definition) is 2. The van der Waals surface area contributed by atoms with Gasteiger partial charge < -0.3 is 10.6 Å². The minimum absolute atomic E-state index is 0.298. The largest absolute Gasteiger partial charge is 0.366 e. The van der Waals surface area contributed by atoms with Crippen LogP contribution in [-0.4, -0.2) is 21.9 Å². The van der Waals surface area contributed by atoms with Gasteiger partial charge in [-0.1, -0.05) is 0 Å². The van der Waals surface area contributed by atoms with E-state index in [1.54, 1.807) is 7.05 Å². The van der Waals surface area contributed by atoms with Crippen LogP contribution in [0, 0.1) is 23.3 Å². The normalized spacial score (nSPS) is 10.5. The molecule has 1 aromatic carbocycles. The molecular formula is C12H10F4N4S. The highest BCUT2D eigenvalue weighted by Crippen LogP contribution is 2.20. The van der Waals surface area contributed by atoms with Gasteiger partial charge in [0.2, 0.25) is 0 Å². The van der Waals surface area contributed by atoms with Crippen LogP contribution < -0.4 is 10.6 Å². The Morgan fingerprint density at radius 3 is 2.62 bits per heavy atom. The van der Waals surface area contributed by atoms with Crippen LogP contribution in [0.25, 0.3) is 0 Å². The second kappa shape index (κ2) is 6.08. The van der Waals surface area contributed by atoms with E-state index < -0.39 is 28.8 Å². The van der Waals surface area contributed by atoms with E-state index in [9.17, 15) is 17.6 Å². The van der Waals surface area contributed by atoms with E-state index in [1.807, 2.05) is 0 Å². The Hall–Kier alpha value is -2.16. The second-order valence-electron chi connectivity index (χ2n) is 4.08. The highest BCUT2D eigenvalue weighted by Gasteiger charge is 2.19. The molecule has 0 amide bonds. The van der Waals surface area contributed by atoms with Gasteiger partial charge in [-0.3, -0.25) is 4.68 Å². The van der Waals surface area contributed by atoms with Gasteiger partial charge in [-0.2, -0.15) is 5.10 Å². The number of benzene rings is 1. The van der Waals surface area contributed by atoms with Crippen LogP contribution in [0.15, 0.2) is 18.5 Å². The fraction of sp³-hybridized carbons (Fsp3) is 0.167. The van der Waals surface area contributed by atoms with Crippen LogP contribution in [0.1, 0.15) is 5.56 Å². The summed E-state index contributed by atoms with van der Waals surface area (Å²) < 4.78 is 54.2. The lowest BCUT2D eigenvalue weighted by Crippen LogP contribution is -2.23. The van der Waals surface area contributed by atoms with E-state index in [4.69, 9.17) is 12.2 Å². The average Bonchev–Trinajstić information content (AvgIpc) is 2.88. The number of nitrogens with zero attached hydrogens (tertiary/aromatic N) is 2. The number of halogens is 4. The van der Waals surface area contributed by atoms with E-state index in [0.29, 0.717) is 16.9 Å². The summed E-state index contributed by atoms with van der Waals surface area (Å²) in [5, 5.41) is 9.62. The maximum absolute atomic E-state index is 13.5. The summed E-state index contributed by atoms with van der Waals surface area (Å²) in [6.07, 6.45) is 2.79. The average molecular weight is 318 g/mol. The summed E-state index contributed by atoms with van der Waals surface area (Å²) in [7, 11) is 1.62. The predicted molar refractivity (Wildman–Crippen MR) is 72.9 cm³/mol. The van der Waals surface area contributed by atoms with Crippen molar-refractivity contribution in [1.82, 2.24) is 15.1 Å². The lowest BCUT2D eigenvalue weighted by molar-refractivity contribution is 0.420. The smallest absolute Gasteiger partial charge is 0.194 e. The van der Waals surface area contributed by atoms with Crippen molar-refractivity contribution in [3.8, 4) is 0 Å². The van der Waals surface area contributed by atoms with Gasteiger partial charge >= 0.3 is 0 Å². The Morgan fingerprint density at radius 1 is 1.24 bits per heavy atom. The fourth-order valence-corrected chi connectivity index (χ4v) is 1.74. The van der Waals surface area contributed by atoms with Crippen molar-refractivity contribution in [2.75, 3.05) is 12.4 Å². The number of rotatable bonds is 3. The zero-order chi connectivity index (χ0) is 15.6.